The first-order valence-corrected chi connectivity index (χ1v) is 8.93. The number of nitrogens with zero attached hydrogens (tertiary/aromatic N) is 4. The second-order valence-corrected chi connectivity index (χ2v) is 6.98. The standard InChI is InChI=1S/C16H15F3N4O3S/c1-25-12(24)15(16(17,18)19)20-13(22-6-8-26-9-7-22)23-10-4-2-3-5-11(10)27-14(23)21-15/h2-5H,6-9H2,1H3/t15-/m0/s1. The van der Waals surface area contributed by atoms with Crippen molar-refractivity contribution in [2.24, 2.45) is 9.98 Å². The van der Waals surface area contributed by atoms with E-state index in [2.05, 4.69) is 14.7 Å². The number of fused-ring (bicyclic) bond motifs is 3. The van der Waals surface area contributed by atoms with E-state index in [4.69, 9.17) is 4.74 Å². The Balaban J connectivity index is 1.90. The summed E-state index contributed by atoms with van der Waals surface area (Å²) in [5.41, 5.74) is -2.65. The normalized spacial score (nSPS) is 24.7. The van der Waals surface area contributed by atoms with Crippen molar-refractivity contribution in [2.45, 2.75) is 16.7 Å². The van der Waals surface area contributed by atoms with Crippen LogP contribution in [0.2, 0.25) is 0 Å². The van der Waals surface area contributed by atoms with Gasteiger partial charge in [0.05, 0.1) is 26.0 Å². The van der Waals surface area contributed by atoms with Gasteiger partial charge >= 0.3 is 17.8 Å². The van der Waals surface area contributed by atoms with Crippen LogP contribution in [0.5, 0.6) is 0 Å². The molecule has 0 amide bonds. The predicted octanol–water partition coefficient (Wildman–Crippen LogP) is 2.09. The van der Waals surface area contributed by atoms with Gasteiger partial charge < -0.3 is 14.4 Å². The molecule has 3 heterocycles. The lowest BCUT2D eigenvalue weighted by molar-refractivity contribution is -0.201. The smallest absolute Gasteiger partial charge is 0.446 e. The molecule has 11 heteroatoms. The van der Waals surface area contributed by atoms with Crippen molar-refractivity contribution in [3.05, 3.63) is 24.3 Å². The number of amidine groups is 1. The zero-order chi connectivity index (χ0) is 19.2. The number of ether oxygens (including phenoxy) is 2. The molecule has 0 radical (unpaired) electrons. The van der Waals surface area contributed by atoms with Crippen molar-refractivity contribution in [3.63, 3.8) is 0 Å². The van der Waals surface area contributed by atoms with Gasteiger partial charge in [-0.2, -0.15) is 13.2 Å². The lowest BCUT2D eigenvalue weighted by atomic mass is 10.1. The van der Waals surface area contributed by atoms with Crippen molar-refractivity contribution < 1.29 is 27.4 Å². The minimum Gasteiger partial charge on any atom is -0.465 e. The molecule has 27 heavy (non-hydrogen) atoms. The second kappa shape index (κ2) is 6.41. The van der Waals surface area contributed by atoms with Crippen LogP contribution in [-0.2, 0) is 14.3 Å². The number of guanidine groups is 1. The number of para-hydroxylation sites is 1. The molecule has 1 fully saturated rings. The number of thioether (sulfide) groups is 1. The molecule has 0 N–H and O–H groups in total. The largest absolute Gasteiger partial charge is 0.465 e. The Morgan fingerprint density at radius 1 is 1.26 bits per heavy atom. The quantitative estimate of drug-likeness (QED) is 0.673. The SMILES string of the molecule is COC(=O)[C@@]1(C(F)(F)F)N=C2Sc3ccccc3N2C(N2CCOCC2)=N1. The van der Waals surface area contributed by atoms with Crippen LogP contribution in [0, 0.1) is 0 Å². The van der Waals surface area contributed by atoms with Crippen molar-refractivity contribution in [1.82, 2.24) is 4.90 Å². The van der Waals surface area contributed by atoms with E-state index in [-0.39, 0.29) is 11.1 Å². The average molecular weight is 400 g/mol. The van der Waals surface area contributed by atoms with Crippen LogP contribution < -0.4 is 4.90 Å². The number of alkyl halides is 3. The van der Waals surface area contributed by atoms with Gasteiger partial charge in [0.1, 0.15) is 0 Å². The van der Waals surface area contributed by atoms with E-state index in [1.165, 1.54) is 0 Å². The summed E-state index contributed by atoms with van der Waals surface area (Å²) in [6.45, 7) is 1.41. The number of morpholine rings is 1. The van der Waals surface area contributed by atoms with E-state index >= 15 is 0 Å². The minimum absolute atomic E-state index is 0.0171. The van der Waals surface area contributed by atoms with Gasteiger partial charge in [-0.15, -0.1) is 0 Å². The van der Waals surface area contributed by atoms with Gasteiger partial charge in [-0.1, -0.05) is 12.1 Å². The molecule has 3 aliphatic rings. The number of benzene rings is 1. The fourth-order valence-corrected chi connectivity index (χ4v) is 4.11. The second-order valence-electron chi connectivity index (χ2n) is 5.97. The number of anilines is 1. The molecule has 144 valence electrons. The Bertz CT molecular complexity index is 838. The number of hydrogen-bond acceptors (Lipinski definition) is 8. The molecule has 1 aromatic carbocycles. The van der Waals surface area contributed by atoms with Crippen molar-refractivity contribution in [3.8, 4) is 0 Å². The molecule has 7 nitrogen and oxygen atoms in total. The number of rotatable bonds is 1. The highest BCUT2D eigenvalue weighted by atomic mass is 32.2. The highest BCUT2D eigenvalue weighted by Gasteiger charge is 2.66. The summed E-state index contributed by atoms with van der Waals surface area (Å²) in [7, 11) is 0.892. The lowest BCUT2D eigenvalue weighted by Gasteiger charge is -2.39. The predicted molar refractivity (Wildman–Crippen MR) is 92.8 cm³/mol. The van der Waals surface area contributed by atoms with E-state index in [1.54, 1.807) is 34.1 Å². The van der Waals surface area contributed by atoms with E-state index < -0.39 is 17.8 Å². The molecule has 1 aromatic rings. The number of esters is 1. The van der Waals surface area contributed by atoms with Gasteiger partial charge in [-0.25, -0.2) is 14.8 Å². The van der Waals surface area contributed by atoms with Gasteiger partial charge in [0.15, 0.2) is 5.17 Å². The third kappa shape index (κ3) is 2.76. The highest BCUT2D eigenvalue weighted by molar-refractivity contribution is 8.15. The van der Waals surface area contributed by atoms with E-state index in [0.717, 1.165) is 23.8 Å². The fourth-order valence-electron chi connectivity index (χ4n) is 3.05. The molecule has 0 aromatic heterocycles. The van der Waals surface area contributed by atoms with E-state index in [0.29, 0.717) is 32.0 Å². The number of hydrogen-bond donors (Lipinski definition) is 0. The summed E-state index contributed by atoms with van der Waals surface area (Å²) in [6.07, 6.45) is -5.05. The van der Waals surface area contributed by atoms with Crippen molar-refractivity contribution in [1.29, 1.82) is 0 Å². The number of halogens is 3. The Kier molecular flexibility index (Phi) is 4.30. The van der Waals surface area contributed by atoms with E-state index in [1.807, 2.05) is 0 Å². The monoisotopic (exact) mass is 400 g/mol. The maximum Gasteiger partial charge on any atom is 0.446 e. The molecule has 4 rings (SSSR count). The lowest BCUT2D eigenvalue weighted by Crippen LogP contribution is -2.59. The van der Waals surface area contributed by atoms with Crippen LogP contribution in [0.1, 0.15) is 0 Å². The van der Waals surface area contributed by atoms with Crippen molar-refractivity contribution >= 4 is 34.5 Å². The zero-order valence-corrected chi connectivity index (χ0v) is 15.0. The highest BCUT2D eigenvalue weighted by Crippen LogP contribution is 2.47. The van der Waals surface area contributed by atoms with Crippen LogP contribution in [0.15, 0.2) is 39.1 Å². The fraction of sp³-hybridized carbons (Fsp3) is 0.438. The topological polar surface area (TPSA) is 66.7 Å². The third-order valence-corrected chi connectivity index (χ3v) is 5.40. The summed E-state index contributed by atoms with van der Waals surface area (Å²) in [5, 5.41) is 0.0374. The van der Waals surface area contributed by atoms with Gasteiger partial charge in [0, 0.05) is 18.0 Å². The van der Waals surface area contributed by atoms with Crippen LogP contribution >= 0.6 is 11.8 Å². The molecule has 1 atom stereocenters. The number of carbonyl (C=O) groups excluding carboxylic acids is 1. The first kappa shape index (κ1) is 18.1. The Morgan fingerprint density at radius 2 is 1.96 bits per heavy atom. The summed E-state index contributed by atoms with van der Waals surface area (Å²) in [5.74, 6) is -1.55. The molecule has 0 bridgehead atoms. The molecule has 0 unspecified atom stereocenters. The van der Waals surface area contributed by atoms with Gasteiger partial charge in [-0.05, 0) is 23.9 Å². The summed E-state index contributed by atoms with van der Waals surface area (Å²) < 4.78 is 51.7. The Morgan fingerprint density at radius 3 is 2.63 bits per heavy atom. The molecule has 0 spiro atoms. The molecule has 1 saturated heterocycles. The van der Waals surface area contributed by atoms with Crippen LogP contribution in [0.4, 0.5) is 18.9 Å². The first-order chi connectivity index (χ1) is 12.9. The molecule has 3 aliphatic heterocycles. The first-order valence-electron chi connectivity index (χ1n) is 8.12. The van der Waals surface area contributed by atoms with Gasteiger partial charge in [0.2, 0.25) is 5.96 Å². The molecule has 0 saturated carbocycles. The maximum atomic E-state index is 14.0. The minimum atomic E-state index is -5.05. The summed E-state index contributed by atoms with van der Waals surface area (Å²) >= 11 is 1.06. The summed E-state index contributed by atoms with van der Waals surface area (Å²) in [6, 6.07) is 7.13. The van der Waals surface area contributed by atoms with Crippen LogP contribution in [0.3, 0.4) is 0 Å². The molecular weight excluding hydrogens is 385 g/mol. The average Bonchev–Trinajstić information content (AvgIpc) is 3.04. The Labute approximate surface area is 156 Å². The molecular formula is C16H15F3N4O3S. The number of aliphatic imine (C=N–C) groups is 2. The van der Waals surface area contributed by atoms with Gasteiger partial charge in [0.25, 0.3) is 0 Å². The van der Waals surface area contributed by atoms with E-state index in [9.17, 15) is 18.0 Å². The van der Waals surface area contributed by atoms with Crippen LogP contribution in [0.25, 0.3) is 0 Å². The zero-order valence-electron chi connectivity index (χ0n) is 14.2. The van der Waals surface area contributed by atoms with Crippen LogP contribution in [-0.4, -0.2) is 67.2 Å². The third-order valence-electron chi connectivity index (χ3n) is 4.38. The molecule has 0 aliphatic carbocycles. The Hall–Kier alpha value is -2.27. The number of methoxy groups -OCH3 is 1. The van der Waals surface area contributed by atoms with Crippen molar-refractivity contribution in [2.75, 3.05) is 38.3 Å². The van der Waals surface area contributed by atoms with Gasteiger partial charge in [-0.3, -0.25) is 4.90 Å². The number of carbonyl (C=O) groups is 1. The summed E-state index contributed by atoms with van der Waals surface area (Å²) in [4.78, 5) is 23.7. The maximum absolute atomic E-state index is 14.0.